The Morgan fingerprint density at radius 1 is 1.18 bits per heavy atom. The highest BCUT2D eigenvalue weighted by Crippen LogP contribution is 2.28. The van der Waals surface area contributed by atoms with E-state index < -0.39 is 24.0 Å². The van der Waals surface area contributed by atoms with E-state index in [0.29, 0.717) is 28.2 Å². The van der Waals surface area contributed by atoms with Crippen molar-refractivity contribution in [3.8, 4) is 0 Å². The molecular weight excluding hydrogens is 514 g/mol. The Morgan fingerprint density at radius 3 is 2.58 bits per heavy atom. The Morgan fingerprint density at radius 2 is 1.94 bits per heavy atom. The minimum Gasteiger partial charge on any atom is -0.480 e. The third-order valence-electron chi connectivity index (χ3n) is 5.83. The van der Waals surface area contributed by atoms with Crippen molar-refractivity contribution < 1.29 is 29.4 Å². The Kier molecular flexibility index (Phi) is 6.55. The van der Waals surface area contributed by atoms with Gasteiger partial charge in [0.25, 0.3) is 11.8 Å². The Hall–Kier alpha value is -2.76. The summed E-state index contributed by atoms with van der Waals surface area (Å²) >= 11 is 4.64. The number of aliphatic carboxylic acids is 1. The van der Waals surface area contributed by atoms with Crippen molar-refractivity contribution in [3.63, 3.8) is 0 Å². The van der Waals surface area contributed by atoms with Gasteiger partial charge in [-0.2, -0.15) is 0 Å². The number of β-amino-alcohol motifs (C(OH)–C–C–N with tert-alkyl or cyclic N) is 1. The second-order valence-electron chi connectivity index (χ2n) is 8.18. The molecule has 0 bridgehead atoms. The highest BCUT2D eigenvalue weighted by atomic mass is 79.9. The van der Waals surface area contributed by atoms with E-state index in [9.17, 15) is 29.4 Å². The lowest BCUT2D eigenvalue weighted by Gasteiger charge is -2.23. The summed E-state index contributed by atoms with van der Waals surface area (Å²) in [6.45, 7) is 1.99. The van der Waals surface area contributed by atoms with Gasteiger partial charge in [-0.1, -0.05) is 0 Å². The van der Waals surface area contributed by atoms with E-state index in [1.807, 2.05) is 0 Å². The summed E-state index contributed by atoms with van der Waals surface area (Å²) in [6, 6.07) is 7.01. The maximum atomic E-state index is 13.0. The number of aryl methyl sites for hydroxylation is 1. The van der Waals surface area contributed by atoms with Crippen LogP contribution in [0.5, 0.6) is 0 Å². The Labute approximate surface area is 202 Å². The number of benzene rings is 1. The predicted molar refractivity (Wildman–Crippen MR) is 125 cm³/mol. The first-order valence-corrected chi connectivity index (χ1v) is 11.9. The first kappa shape index (κ1) is 23.4. The van der Waals surface area contributed by atoms with E-state index in [2.05, 4.69) is 21.2 Å². The van der Waals surface area contributed by atoms with Crippen molar-refractivity contribution in [2.75, 3.05) is 18.0 Å². The molecule has 2 aliphatic heterocycles. The number of aliphatic hydroxyl groups excluding tert-OH is 1. The number of likely N-dealkylation sites (tertiary alicyclic amines) is 1. The van der Waals surface area contributed by atoms with E-state index in [1.165, 1.54) is 16.2 Å². The number of rotatable bonds is 5. The summed E-state index contributed by atoms with van der Waals surface area (Å²) in [6.07, 6.45) is -0.709. The molecular formula is C22H22BrN3O6S. The fourth-order valence-corrected chi connectivity index (χ4v) is 5.52. The zero-order valence-corrected chi connectivity index (χ0v) is 20.1. The van der Waals surface area contributed by atoms with Crippen molar-refractivity contribution in [1.82, 2.24) is 10.2 Å². The van der Waals surface area contributed by atoms with E-state index in [4.69, 9.17) is 0 Å². The lowest BCUT2D eigenvalue weighted by molar-refractivity contribution is -0.141. The predicted octanol–water partition coefficient (Wildman–Crippen LogP) is 2.01. The van der Waals surface area contributed by atoms with Crippen molar-refractivity contribution >= 4 is 56.6 Å². The SMILES string of the molecule is Cc1cc(N2CC(NC(=O)c3ccc(Br)s3)CC2=O)ccc1C(=O)N1C[C@H](O)C[C@H]1C(=O)O. The number of hydrogen-bond donors (Lipinski definition) is 3. The summed E-state index contributed by atoms with van der Waals surface area (Å²) < 4.78 is 0.847. The van der Waals surface area contributed by atoms with Gasteiger partial charge >= 0.3 is 5.97 Å². The second kappa shape index (κ2) is 9.24. The molecule has 2 aliphatic rings. The molecule has 2 saturated heterocycles. The van der Waals surface area contributed by atoms with Gasteiger partial charge in [0.2, 0.25) is 5.91 Å². The molecule has 1 aromatic carbocycles. The summed E-state index contributed by atoms with van der Waals surface area (Å²) in [5.74, 6) is -1.99. The lowest BCUT2D eigenvalue weighted by atomic mass is 10.1. The molecule has 3 N–H and O–H groups in total. The van der Waals surface area contributed by atoms with Crippen LogP contribution in [-0.2, 0) is 9.59 Å². The molecule has 2 fully saturated rings. The van der Waals surface area contributed by atoms with E-state index in [0.717, 1.165) is 3.79 Å². The van der Waals surface area contributed by atoms with Crippen LogP contribution in [0.1, 0.15) is 38.4 Å². The Balaban J connectivity index is 1.46. The first-order valence-electron chi connectivity index (χ1n) is 10.3. The van der Waals surface area contributed by atoms with Crippen molar-refractivity contribution in [3.05, 3.63) is 50.1 Å². The number of nitrogens with zero attached hydrogens (tertiary/aromatic N) is 2. The molecule has 2 aromatic rings. The fraction of sp³-hybridized carbons (Fsp3) is 0.364. The molecule has 0 saturated carbocycles. The molecule has 0 aliphatic carbocycles. The molecule has 33 heavy (non-hydrogen) atoms. The molecule has 3 amide bonds. The number of carboxylic acids is 1. The molecule has 9 nitrogen and oxygen atoms in total. The van der Waals surface area contributed by atoms with E-state index >= 15 is 0 Å². The van der Waals surface area contributed by atoms with E-state index in [-0.39, 0.29) is 37.2 Å². The van der Waals surface area contributed by atoms with Crippen LogP contribution in [0.2, 0.25) is 0 Å². The third-order valence-corrected chi connectivity index (χ3v) is 7.46. The summed E-state index contributed by atoms with van der Waals surface area (Å²) in [7, 11) is 0. The van der Waals surface area contributed by atoms with Crippen molar-refractivity contribution in [1.29, 1.82) is 0 Å². The molecule has 3 atom stereocenters. The molecule has 4 rings (SSSR count). The van der Waals surface area contributed by atoms with Crippen molar-refractivity contribution in [2.24, 2.45) is 0 Å². The van der Waals surface area contributed by atoms with Crippen LogP contribution < -0.4 is 10.2 Å². The number of nitrogens with one attached hydrogen (secondary N) is 1. The normalized spacial score (nSPS) is 22.6. The van der Waals surface area contributed by atoms with E-state index in [1.54, 1.807) is 42.2 Å². The summed E-state index contributed by atoms with van der Waals surface area (Å²) in [5, 5.41) is 22.1. The van der Waals surface area contributed by atoms with Gasteiger partial charge in [-0.25, -0.2) is 4.79 Å². The third kappa shape index (κ3) is 4.80. The van der Waals surface area contributed by atoms with Crippen LogP contribution in [0.3, 0.4) is 0 Å². The molecule has 174 valence electrons. The van der Waals surface area contributed by atoms with Gasteiger partial charge in [-0.15, -0.1) is 11.3 Å². The number of carbonyl (C=O) groups is 4. The van der Waals surface area contributed by atoms with Gasteiger partial charge < -0.3 is 25.3 Å². The standard InChI is InChI=1S/C22H22BrN3O6S/c1-11-6-13(2-3-15(11)21(30)26-10-14(27)8-16(26)22(31)32)25-9-12(7-19(25)28)24-20(29)17-4-5-18(23)33-17/h2-6,12,14,16,27H,7-10H2,1H3,(H,24,29)(H,31,32)/t12?,14-,16+/m1/s1. The van der Waals surface area contributed by atoms with Crippen LogP contribution in [0.4, 0.5) is 5.69 Å². The molecule has 0 radical (unpaired) electrons. The number of hydrogen-bond acceptors (Lipinski definition) is 6. The van der Waals surface area contributed by atoms with Gasteiger partial charge in [-0.3, -0.25) is 14.4 Å². The van der Waals surface area contributed by atoms with Crippen LogP contribution in [0.25, 0.3) is 0 Å². The number of amides is 3. The number of thiophene rings is 1. The minimum absolute atomic E-state index is 0.00395. The molecule has 1 unspecified atom stereocenters. The smallest absolute Gasteiger partial charge is 0.326 e. The molecule has 0 spiro atoms. The second-order valence-corrected chi connectivity index (χ2v) is 10.6. The van der Waals surface area contributed by atoms with Crippen LogP contribution >= 0.6 is 27.3 Å². The average molecular weight is 536 g/mol. The summed E-state index contributed by atoms with van der Waals surface area (Å²) in [4.78, 5) is 52.7. The number of carbonyl (C=O) groups excluding carboxylic acids is 3. The maximum Gasteiger partial charge on any atom is 0.326 e. The highest BCUT2D eigenvalue weighted by molar-refractivity contribution is 9.11. The quantitative estimate of drug-likeness (QED) is 0.537. The Bertz CT molecular complexity index is 1140. The minimum atomic E-state index is -1.15. The van der Waals surface area contributed by atoms with Crippen LogP contribution in [0, 0.1) is 6.92 Å². The molecule has 11 heteroatoms. The fourth-order valence-electron chi connectivity index (χ4n) is 4.23. The number of carboxylic acid groups (broad SMARTS) is 1. The highest BCUT2D eigenvalue weighted by Gasteiger charge is 2.40. The monoisotopic (exact) mass is 535 g/mol. The zero-order valence-electron chi connectivity index (χ0n) is 17.7. The first-order chi connectivity index (χ1) is 15.6. The van der Waals surface area contributed by atoms with Crippen LogP contribution in [0.15, 0.2) is 34.1 Å². The molecule has 3 heterocycles. The van der Waals surface area contributed by atoms with Gasteiger partial charge in [0.15, 0.2) is 0 Å². The van der Waals surface area contributed by atoms with Crippen molar-refractivity contribution in [2.45, 2.75) is 38.0 Å². The van der Waals surface area contributed by atoms with Crippen LogP contribution in [-0.4, -0.2) is 70.1 Å². The van der Waals surface area contributed by atoms with Gasteiger partial charge in [-0.05, 0) is 58.7 Å². The topological polar surface area (TPSA) is 127 Å². The number of halogens is 1. The largest absolute Gasteiger partial charge is 0.480 e. The number of anilines is 1. The van der Waals surface area contributed by atoms with Gasteiger partial charge in [0.05, 0.1) is 20.8 Å². The zero-order chi connectivity index (χ0) is 23.9. The number of aliphatic hydroxyl groups is 1. The maximum absolute atomic E-state index is 13.0. The summed E-state index contributed by atoms with van der Waals surface area (Å²) in [5.41, 5.74) is 1.51. The molecule has 1 aromatic heterocycles. The van der Waals surface area contributed by atoms with Gasteiger partial charge in [0.1, 0.15) is 6.04 Å². The lowest BCUT2D eigenvalue weighted by Crippen LogP contribution is -2.40. The van der Waals surface area contributed by atoms with Gasteiger partial charge in [0, 0.05) is 37.2 Å². The average Bonchev–Trinajstić information content (AvgIpc) is 3.46.